The van der Waals surface area contributed by atoms with Crippen LogP contribution in [0.15, 0.2) is 24.3 Å². The maximum atomic E-state index is 5.86. The Morgan fingerprint density at radius 3 is 2.20 bits per heavy atom. The zero-order valence-corrected chi connectivity index (χ0v) is 8.95. The minimum Gasteiger partial charge on any atom is -0.0840 e. The van der Waals surface area contributed by atoms with Crippen molar-refractivity contribution in [2.75, 3.05) is 0 Å². The molecule has 0 amide bonds. The normalized spacial score (nSPS) is 10.4. The molecule has 0 aliphatic rings. The fraction of sp³-hybridized carbons (Fsp3) is 0.143. The van der Waals surface area contributed by atoms with Crippen LogP contribution in [0.3, 0.4) is 0 Å². The number of hydrogen-bond donors (Lipinski definition) is 0. The molecule has 0 nitrogen and oxygen atoms in total. The van der Waals surface area contributed by atoms with Crippen LogP contribution in [-0.4, -0.2) is 0 Å². The molecule has 1 aromatic carbocycles. The molecule has 0 saturated heterocycles. The van der Waals surface area contributed by atoms with Crippen LogP contribution in [0.25, 0.3) is 0 Å². The number of halogens is 3. The molecule has 0 radical (unpaired) electrons. The van der Waals surface area contributed by atoms with Crippen molar-refractivity contribution >= 4 is 43.5 Å². The average Bonchev–Trinajstić information content (AvgIpc) is 1.88. The van der Waals surface area contributed by atoms with Crippen molar-refractivity contribution in [1.82, 2.24) is 0 Å². The van der Waals surface area contributed by atoms with E-state index < -0.39 is 0 Å². The topological polar surface area (TPSA) is 0 Å². The van der Waals surface area contributed by atoms with Crippen molar-refractivity contribution in [2.45, 2.75) is 3.74 Å². The van der Waals surface area contributed by atoms with Crippen LogP contribution < -0.4 is 0 Å². The van der Waals surface area contributed by atoms with Gasteiger partial charge >= 0.3 is 0 Å². The maximum absolute atomic E-state index is 5.86. The highest BCUT2D eigenvalue weighted by Gasteiger charge is 2.04. The molecule has 0 spiro atoms. The minimum absolute atomic E-state index is 0.147. The van der Waals surface area contributed by atoms with Gasteiger partial charge in [0.15, 0.2) is 0 Å². The molecular formula is C7H5Br2Cl. The third kappa shape index (κ3) is 1.97. The molecule has 0 unspecified atom stereocenters. The van der Waals surface area contributed by atoms with Crippen LogP contribution in [-0.2, 0) is 0 Å². The SMILES string of the molecule is Clc1ccccc1C(Br)Br. The summed E-state index contributed by atoms with van der Waals surface area (Å²) in [5, 5.41) is 0.779. The lowest BCUT2D eigenvalue weighted by atomic mass is 10.2. The molecule has 0 atom stereocenters. The predicted octanol–water partition coefficient (Wildman–Crippen LogP) is 4.13. The molecule has 54 valence electrons. The Labute approximate surface area is 81.8 Å². The first-order chi connectivity index (χ1) is 4.72. The van der Waals surface area contributed by atoms with Gasteiger partial charge in [-0.1, -0.05) is 61.7 Å². The average molecular weight is 284 g/mol. The molecule has 0 saturated carbocycles. The Kier molecular flexibility index (Phi) is 3.21. The van der Waals surface area contributed by atoms with E-state index in [0.29, 0.717) is 0 Å². The zero-order valence-electron chi connectivity index (χ0n) is 5.02. The van der Waals surface area contributed by atoms with E-state index in [1.807, 2.05) is 24.3 Å². The van der Waals surface area contributed by atoms with E-state index in [1.54, 1.807) is 0 Å². The summed E-state index contributed by atoms with van der Waals surface area (Å²) in [4.78, 5) is 0. The molecular weight excluding hydrogens is 279 g/mol. The second kappa shape index (κ2) is 3.74. The van der Waals surface area contributed by atoms with Crippen LogP contribution in [0.2, 0.25) is 5.02 Å². The van der Waals surface area contributed by atoms with Crippen LogP contribution in [0.5, 0.6) is 0 Å². The van der Waals surface area contributed by atoms with E-state index in [1.165, 1.54) is 0 Å². The predicted molar refractivity (Wildman–Crippen MR) is 52.0 cm³/mol. The number of benzene rings is 1. The summed E-state index contributed by atoms with van der Waals surface area (Å²) in [5.74, 6) is 0. The van der Waals surface area contributed by atoms with Crippen molar-refractivity contribution in [3.8, 4) is 0 Å². The van der Waals surface area contributed by atoms with Crippen molar-refractivity contribution in [1.29, 1.82) is 0 Å². The molecule has 0 heterocycles. The van der Waals surface area contributed by atoms with Gasteiger partial charge in [-0.05, 0) is 11.6 Å². The first-order valence-electron chi connectivity index (χ1n) is 2.74. The van der Waals surface area contributed by atoms with Gasteiger partial charge in [-0.2, -0.15) is 0 Å². The van der Waals surface area contributed by atoms with Crippen LogP contribution in [0.4, 0.5) is 0 Å². The van der Waals surface area contributed by atoms with Crippen molar-refractivity contribution in [2.24, 2.45) is 0 Å². The summed E-state index contributed by atoms with van der Waals surface area (Å²) in [6.07, 6.45) is 0. The van der Waals surface area contributed by atoms with Gasteiger partial charge in [0, 0.05) is 5.02 Å². The Hall–Kier alpha value is 0.470. The van der Waals surface area contributed by atoms with Gasteiger partial charge in [0.25, 0.3) is 0 Å². The second-order valence-corrected chi connectivity index (χ2v) is 5.29. The van der Waals surface area contributed by atoms with E-state index in [2.05, 4.69) is 31.9 Å². The monoisotopic (exact) mass is 282 g/mol. The molecule has 0 aliphatic carbocycles. The van der Waals surface area contributed by atoms with Crippen molar-refractivity contribution in [3.63, 3.8) is 0 Å². The van der Waals surface area contributed by atoms with Gasteiger partial charge in [-0.3, -0.25) is 0 Å². The summed E-state index contributed by atoms with van der Waals surface area (Å²) < 4.78 is 0.147. The molecule has 0 bridgehead atoms. The van der Waals surface area contributed by atoms with E-state index >= 15 is 0 Å². The summed E-state index contributed by atoms with van der Waals surface area (Å²) >= 11 is 12.6. The first-order valence-corrected chi connectivity index (χ1v) is 4.95. The molecule has 0 N–H and O–H groups in total. The van der Waals surface area contributed by atoms with Crippen LogP contribution in [0, 0.1) is 0 Å². The Morgan fingerprint density at radius 1 is 1.20 bits per heavy atom. The molecule has 10 heavy (non-hydrogen) atoms. The third-order valence-electron chi connectivity index (χ3n) is 1.14. The number of hydrogen-bond acceptors (Lipinski definition) is 0. The highest BCUT2D eigenvalue weighted by atomic mass is 79.9. The van der Waals surface area contributed by atoms with Crippen molar-refractivity contribution < 1.29 is 0 Å². The van der Waals surface area contributed by atoms with Gasteiger partial charge in [0.05, 0.1) is 3.74 Å². The smallest absolute Gasteiger partial charge is 0.0840 e. The fourth-order valence-electron chi connectivity index (χ4n) is 0.652. The Morgan fingerprint density at radius 2 is 1.80 bits per heavy atom. The number of alkyl halides is 2. The van der Waals surface area contributed by atoms with Crippen LogP contribution >= 0.6 is 43.5 Å². The van der Waals surface area contributed by atoms with Gasteiger partial charge in [-0.25, -0.2) is 0 Å². The lowest BCUT2D eigenvalue weighted by Gasteiger charge is -2.02. The second-order valence-electron chi connectivity index (χ2n) is 1.82. The molecule has 1 rings (SSSR count). The molecule has 0 aliphatic heterocycles. The van der Waals surface area contributed by atoms with Crippen molar-refractivity contribution in [3.05, 3.63) is 34.9 Å². The number of rotatable bonds is 1. The maximum Gasteiger partial charge on any atom is 0.0960 e. The summed E-state index contributed by atoms with van der Waals surface area (Å²) in [7, 11) is 0. The third-order valence-corrected chi connectivity index (χ3v) is 2.47. The summed E-state index contributed by atoms with van der Waals surface area (Å²) in [6.45, 7) is 0. The zero-order chi connectivity index (χ0) is 7.56. The Bertz CT molecular complexity index is 223. The Balaban J connectivity index is 3.03. The van der Waals surface area contributed by atoms with E-state index in [-0.39, 0.29) is 3.74 Å². The summed E-state index contributed by atoms with van der Waals surface area (Å²) in [5.41, 5.74) is 1.06. The molecule has 0 aromatic heterocycles. The van der Waals surface area contributed by atoms with Gasteiger partial charge < -0.3 is 0 Å². The highest BCUT2D eigenvalue weighted by Crippen LogP contribution is 2.33. The quantitative estimate of drug-likeness (QED) is 0.680. The lowest BCUT2D eigenvalue weighted by Crippen LogP contribution is -1.79. The molecule has 3 heteroatoms. The summed E-state index contributed by atoms with van der Waals surface area (Å²) in [6, 6.07) is 7.70. The van der Waals surface area contributed by atoms with Crippen LogP contribution in [0.1, 0.15) is 9.30 Å². The fourth-order valence-corrected chi connectivity index (χ4v) is 1.96. The van der Waals surface area contributed by atoms with Gasteiger partial charge in [0.2, 0.25) is 0 Å². The minimum atomic E-state index is 0.147. The highest BCUT2D eigenvalue weighted by molar-refractivity contribution is 9.24. The van der Waals surface area contributed by atoms with Gasteiger partial charge in [-0.15, -0.1) is 0 Å². The molecule has 1 aromatic rings. The standard InChI is InChI=1S/C7H5Br2Cl/c8-7(9)5-3-1-2-4-6(5)10/h1-4,7H. The lowest BCUT2D eigenvalue weighted by molar-refractivity contribution is 1.42. The van der Waals surface area contributed by atoms with Gasteiger partial charge in [0.1, 0.15) is 0 Å². The molecule has 0 fully saturated rings. The van der Waals surface area contributed by atoms with E-state index in [4.69, 9.17) is 11.6 Å². The largest absolute Gasteiger partial charge is 0.0960 e. The van der Waals surface area contributed by atoms with E-state index in [9.17, 15) is 0 Å². The van der Waals surface area contributed by atoms with E-state index in [0.717, 1.165) is 10.6 Å². The first kappa shape index (κ1) is 8.57.